The van der Waals surface area contributed by atoms with Crippen molar-refractivity contribution in [3.63, 3.8) is 0 Å². The zero-order valence-electron chi connectivity index (χ0n) is 8.82. The van der Waals surface area contributed by atoms with Crippen molar-refractivity contribution in [3.05, 3.63) is 0 Å². The van der Waals surface area contributed by atoms with E-state index in [2.05, 4.69) is 0 Å². The van der Waals surface area contributed by atoms with Crippen LogP contribution in [0.1, 0.15) is 19.8 Å². The van der Waals surface area contributed by atoms with Gasteiger partial charge in [0.15, 0.2) is 0 Å². The molecule has 0 amide bonds. The first-order chi connectivity index (χ1) is 7.11. The molecule has 5 heteroatoms. The summed E-state index contributed by atoms with van der Waals surface area (Å²) in [7, 11) is 0. The van der Waals surface area contributed by atoms with Crippen LogP contribution in [0.4, 0.5) is 0 Å². The van der Waals surface area contributed by atoms with Gasteiger partial charge >= 0.3 is 0 Å². The molecule has 2 aliphatic rings. The maximum atomic E-state index is 9.82. The van der Waals surface area contributed by atoms with Crippen LogP contribution in [-0.4, -0.2) is 68.4 Å². The molecule has 2 aliphatic heterocycles. The maximum Gasteiger partial charge on any atom is 0.0994 e. The van der Waals surface area contributed by atoms with Gasteiger partial charge in [0, 0.05) is 12.1 Å². The predicted octanol–water partition coefficient (Wildman–Crippen LogP) is -1.70. The molecule has 0 aromatic heterocycles. The van der Waals surface area contributed by atoms with Gasteiger partial charge in [0.2, 0.25) is 0 Å². The van der Waals surface area contributed by atoms with E-state index in [1.807, 2.05) is 11.8 Å². The molecule has 2 fully saturated rings. The van der Waals surface area contributed by atoms with Gasteiger partial charge < -0.3 is 20.4 Å². The third-order valence-electron chi connectivity index (χ3n) is 3.78. The second kappa shape index (κ2) is 3.99. The van der Waals surface area contributed by atoms with Crippen molar-refractivity contribution in [1.29, 1.82) is 0 Å². The molecular weight excluding hydrogens is 198 g/mol. The lowest BCUT2D eigenvalue weighted by atomic mass is 10.0. The number of aliphatic hydroxyl groups is 4. The smallest absolute Gasteiger partial charge is 0.0994 e. The van der Waals surface area contributed by atoms with Gasteiger partial charge in [-0.25, -0.2) is 0 Å². The van der Waals surface area contributed by atoms with Crippen LogP contribution in [0.15, 0.2) is 0 Å². The van der Waals surface area contributed by atoms with E-state index in [4.69, 9.17) is 0 Å². The molecule has 2 rings (SSSR count). The highest BCUT2D eigenvalue weighted by atomic mass is 16.3. The molecule has 2 heterocycles. The van der Waals surface area contributed by atoms with E-state index in [0.29, 0.717) is 12.8 Å². The minimum absolute atomic E-state index is 0.0382. The highest BCUT2D eigenvalue weighted by Gasteiger charge is 2.56. The van der Waals surface area contributed by atoms with Crippen molar-refractivity contribution in [1.82, 2.24) is 4.90 Å². The van der Waals surface area contributed by atoms with E-state index in [1.165, 1.54) is 0 Å². The van der Waals surface area contributed by atoms with Crippen LogP contribution >= 0.6 is 0 Å². The van der Waals surface area contributed by atoms with E-state index in [1.54, 1.807) is 0 Å². The number of hydrogen-bond acceptors (Lipinski definition) is 5. The molecule has 0 aliphatic carbocycles. The van der Waals surface area contributed by atoms with Crippen molar-refractivity contribution in [3.8, 4) is 0 Å². The quantitative estimate of drug-likeness (QED) is 0.443. The molecule has 5 nitrogen and oxygen atoms in total. The van der Waals surface area contributed by atoms with Gasteiger partial charge in [-0.1, -0.05) is 6.92 Å². The molecule has 0 saturated carbocycles. The van der Waals surface area contributed by atoms with E-state index in [9.17, 15) is 20.4 Å². The standard InChI is InChI=1S/C10H19NO4/c1-2-6-9(14)10(15)8-7(13)3-5(4-12)11(6)8/h5-10,12-15H,2-4H2,1H3/t5-,6-,7+,8?,9-,10+/m0/s1. The normalized spacial score (nSPS) is 51.0. The van der Waals surface area contributed by atoms with Crippen molar-refractivity contribution in [2.75, 3.05) is 6.61 Å². The molecular formula is C10H19NO4. The Morgan fingerprint density at radius 1 is 1.20 bits per heavy atom. The summed E-state index contributed by atoms with van der Waals surface area (Å²) in [5, 5.41) is 38.6. The Kier molecular flexibility index (Phi) is 3.00. The van der Waals surface area contributed by atoms with E-state index in [0.717, 1.165) is 0 Å². The highest BCUT2D eigenvalue weighted by molar-refractivity contribution is 5.10. The summed E-state index contributed by atoms with van der Waals surface area (Å²) in [5.74, 6) is 0. The van der Waals surface area contributed by atoms with Crippen molar-refractivity contribution in [2.45, 2.75) is 56.2 Å². The lowest BCUT2D eigenvalue weighted by molar-refractivity contribution is 0.00291. The van der Waals surface area contributed by atoms with Crippen LogP contribution < -0.4 is 0 Å². The number of fused-ring (bicyclic) bond motifs is 1. The van der Waals surface area contributed by atoms with Crippen LogP contribution in [0, 0.1) is 0 Å². The Balaban J connectivity index is 2.24. The summed E-state index contributed by atoms with van der Waals surface area (Å²) in [4.78, 5) is 1.89. The largest absolute Gasteiger partial charge is 0.395 e. The zero-order valence-corrected chi connectivity index (χ0v) is 8.82. The van der Waals surface area contributed by atoms with E-state index in [-0.39, 0.29) is 18.7 Å². The SMILES string of the molecule is CC[C@H]1[C@H](O)[C@H](O)C2[C@H](O)C[C@@H](CO)N21. The van der Waals surface area contributed by atoms with Gasteiger partial charge in [0.1, 0.15) is 0 Å². The molecule has 4 N–H and O–H groups in total. The van der Waals surface area contributed by atoms with Gasteiger partial charge in [0.25, 0.3) is 0 Å². The highest BCUT2D eigenvalue weighted by Crippen LogP contribution is 2.38. The fourth-order valence-corrected chi connectivity index (χ4v) is 3.10. The molecule has 0 radical (unpaired) electrons. The summed E-state index contributed by atoms with van der Waals surface area (Å²) >= 11 is 0. The first-order valence-corrected chi connectivity index (χ1v) is 5.54. The van der Waals surface area contributed by atoms with Gasteiger partial charge in [-0.2, -0.15) is 0 Å². The van der Waals surface area contributed by atoms with Gasteiger partial charge in [0.05, 0.1) is 31.0 Å². The minimum Gasteiger partial charge on any atom is -0.395 e. The number of nitrogens with zero attached hydrogens (tertiary/aromatic N) is 1. The number of hydrogen-bond donors (Lipinski definition) is 4. The summed E-state index contributed by atoms with van der Waals surface area (Å²) in [5.41, 5.74) is 0. The molecule has 0 bridgehead atoms. The number of rotatable bonds is 2. The van der Waals surface area contributed by atoms with Crippen LogP contribution in [0.3, 0.4) is 0 Å². The van der Waals surface area contributed by atoms with Crippen molar-refractivity contribution < 1.29 is 20.4 Å². The molecule has 88 valence electrons. The van der Waals surface area contributed by atoms with Gasteiger partial charge in [-0.05, 0) is 12.8 Å². The second-order valence-electron chi connectivity index (χ2n) is 4.53. The zero-order chi connectivity index (χ0) is 11.2. The molecule has 0 aromatic rings. The molecule has 1 unspecified atom stereocenters. The Bertz CT molecular complexity index is 237. The first kappa shape index (κ1) is 11.3. The summed E-state index contributed by atoms with van der Waals surface area (Å²) in [6.45, 7) is 1.89. The van der Waals surface area contributed by atoms with Gasteiger partial charge in [-0.15, -0.1) is 0 Å². The van der Waals surface area contributed by atoms with Crippen LogP contribution in [0.25, 0.3) is 0 Å². The summed E-state index contributed by atoms with van der Waals surface area (Å²) in [6.07, 6.45) is -1.19. The van der Waals surface area contributed by atoms with Crippen molar-refractivity contribution in [2.24, 2.45) is 0 Å². The third kappa shape index (κ3) is 1.50. The lowest BCUT2D eigenvalue weighted by Crippen LogP contribution is -2.43. The summed E-state index contributed by atoms with van der Waals surface area (Å²) < 4.78 is 0. The average Bonchev–Trinajstić information content (AvgIpc) is 2.67. The van der Waals surface area contributed by atoms with Gasteiger partial charge in [-0.3, -0.25) is 4.90 Å². The number of aliphatic hydroxyl groups excluding tert-OH is 4. The average molecular weight is 217 g/mol. The Morgan fingerprint density at radius 3 is 2.40 bits per heavy atom. The lowest BCUT2D eigenvalue weighted by Gasteiger charge is -2.29. The monoisotopic (exact) mass is 217 g/mol. The maximum absolute atomic E-state index is 9.82. The minimum atomic E-state index is -0.901. The molecule has 0 spiro atoms. The van der Waals surface area contributed by atoms with Crippen LogP contribution in [-0.2, 0) is 0 Å². The Hall–Kier alpha value is -0.200. The fraction of sp³-hybridized carbons (Fsp3) is 1.00. The molecule has 0 aromatic carbocycles. The predicted molar refractivity (Wildman–Crippen MR) is 53.2 cm³/mol. The van der Waals surface area contributed by atoms with Crippen LogP contribution in [0.5, 0.6) is 0 Å². The molecule has 6 atom stereocenters. The first-order valence-electron chi connectivity index (χ1n) is 5.54. The fourth-order valence-electron chi connectivity index (χ4n) is 3.10. The van der Waals surface area contributed by atoms with E-state index >= 15 is 0 Å². The topological polar surface area (TPSA) is 84.2 Å². The van der Waals surface area contributed by atoms with Crippen LogP contribution in [0.2, 0.25) is 0 Å². The Morgan fingerprint density at radius 2 is 1.87 bits per heavy atom. The van der Waals surface area contributed by atoms with E-state index < -0.39 is 24.4 Å². The summed E-state index contributed by atoms with van der Waals surface area (Å²) in [6, 6.07) is -0.705. The van der Waals surface area contributed by atoms with Crippen molar-refractivity contribution >= 4 is 0 Å². The Labute approximate surface area is 88.9 Å². The second-order valence-corrected chi connectivity index (χ2v) is 4.53. The third-order valence-corrected chi connectivity index (χ3v) is 3.78. The molecule has 2 saturated heterocycles. The molecule has 15 heavy (non-hydrogen) atoms.